The summed E-state index contributed by atoms with van der Waals surface area (Å²) in [5.74, 6) is 0. The molecule has 48 heavy (non-hydrogen) atoms. The largest absolute Gasteiger partial charge is 0.374 e. The van der Waals surface area contributed by atoms with E-state index >= 15 is 0 Å². The fraction of sp³-hybridized carbons (Fsp3) is 0.244. The van der Waals surface area contributed by atoms with E-state index < -0.39 is 30.5 Å². The third kappa shape index (κ3) is 8.25. The first kappa shape index (κ1) is 32.3. The molecule has 7 rings (SSSR count). The van der Waals surface area contributed by atoms with Crippen LogP contribution in [0.2, 0.25) is 0 Å². The van der Waals surface area contributed by atoms with Gasteiger partial charge in [0.25, 0.3) is 0 Å². The van der Waals surface area contributed by atoms with Crippen molar-refractivity contribution in [1.82, 2.24) is 4.98 Å². The van der Waals surface area contributed by atoms with Crippen LogP contribution < -0.4 is 0 Å². The van der Waals surface area contributed by atoms with Crippen LogP contribution in [0.3, 0.4) is 0 Å². The van der Waals surface area contributed by atoms with Crippen molar-refractivity contribution in [3.8, 4) is 0 Å². The molecule has 2 heterocycles. The molecule has 1 fully saturated rings. The number of para-hydroxylation sites is 1. The van der Waals surface area contributed by atoms with E-state index in [1.807, 2.05) is 91.0 Å². The van der Waals surface area contributed by atoms with Gasteiger partial charge >= 0.3 is 0 Å². The van der Waals surface area contributed by atoms with Gasteiger partial charge in [-0.2, -0.15) is 0 Å². The number of hydrogen-bond acceptors (Lipinski definition) is 7. The molecular formula is C41H39NO5S. The Labute approximate surface area is 285 Å². The lowest BCUT2D eigenvalue weighted by Gasteiger charge is -2.45. The fourth-order valence-electron chi connectivity index (χ4n) is 6.00. The van der Waals surface area contributed by atoms with Gasteiger partial charge in [-0.3, -0.25) is 0 Å². The average Bonchev–Trinajstić information content (AvgIpc) is 3.59. The van der Waals surface area contributed by atoms with Crippen molar-refractivity contribution in [1.29, 1.82) is 0 Å². The number of aromatic nitrogens is 1. The van der Waals surface area contributed by atoms with Crippen LogP contribution >= 0.6 is 11.3 Å². The van der Waals surface area contributed by atoms with E-state index in [-0.39, 0.29) is 0 Å². The smallest absolute Gasteiger partial charge is 0.138 e. The number of benzene rings is 5. The Morgan fingerprint density at radius 3 is 1.50 bits per heavy atom. The molecule has 1 aromatic heterocycles. The summed E-state index contributed by atoms with van der Waals surface area (Å²) < 4.78 is 35.0. The maximum absolute atomic E-state index is 7.02. The van der Waals surface area contributed by atoms with Gasteiger partial charge in [0.2, 0.25) is 0 Å². The van der Waals surface area contributed by atoms with Crippen LogP contribution in [-0.2, 0) is 50.1 Å². The average molecular weight is 658 g/mol. The second-order valence-corrected chi connectivity index (χ2v) is 13.0. The normalized spacial score (nSPS) is 21.0. The molecule has 1 aliphatic heterocycles. The molecule has 0 spiro atoms. The van der Waals surface area contributed by atoms with Gasteiger partial charge in [-0.15, -0.1) is 11.3 Å². The van der Waals surface area contributed by atoms with E-state index in [1.165, 1.54) is 0 Å². The van der Waals surface area contributed by atoms with Gasteiger partial charge in [-0.1, -0.05) is 133 Å². The maximum atomic E-state index is 7.02. The Hall–Kier alpha value is -4.21. The van der Waals surface area contributed by atoms with Crippen molar-refractivity contribution in [2.45, 2.75) is 56.9 Å². The monoisotopic (exact) mass is 657 g/mol. The van der Waals surface area contributed by atoms with Gasteiger partial charge in [-0.05, 0) is 34.4 Å². The second-order valence-electron chi connectivity index (χ2n) is 11.9. The van der Waals surface area contributed by atoms with Crippen molar-refractivity contribution >= 4 is 21.6 Å². The molecule has 5 atom stereocenters. The third-order valence-corrected chi connectivity index (χ3v) is 9.54. The molecule has 0 amide bonds. The number of rotatable bonds is 14. The van der Waals surface area contributed by atoms with E-state index in [1.54, 1.807) is 11.3 Å². The van der Waals surface area contributed by atoms with Gasteiger partial charge in [0, 0.05) is 0 Å². The van der Waals surface area contributed by atoms with Crippen molar-refractivity contribution in [2.24, 2.45) is 0 Å². The Morgan fingerprint density at radius 1 is 0.500 bits per heavy atom. The summed E-state index contributed by atoms with van der Waals surface area (Å²) in [5.41, 5.74) is 5.24. The summed E-state index contributed by atoms with van der Waals surface area (Å²) in [6, 6.07) is 49.0. The predicted molar refractivity (Wildman–Crippen MR) is 188 cm³/mol. The summed E-state index contributed by atoms with van der Waals surface area (Å²) in [5, 5.41) is 0.845. The zero-order valence-electron chi connectivity index (χ0n) is 26.7. The maximum Gasteiger partial charge on any atom is 0.138 e. The molecule has 0 unspecified atom stereocenters. The van der Waals surface area contributed by atoms with Crippen LogP contribution in [0.25, 0.3) is 10.2 Å². The highest BCUT2D eigenvalue weighted by molar-refractivity contribution is 7.18. The first-order valence-electron chi connectivity index (χ1n) is 16.4. The predicted octanol–water partition coefficient (Wildman–Crippen LogP) is 8.71. The summed E-state index contributed by atoms with van der Waals surface area (Å²) >= 11 is 1.63. The highest BCUT2D eigenvalue weighted by Crippen LogP contribution is 2.41. The minimum absolute atomic E-state index is 0.312. The van der Waals surface area contributed by atoms with E-state index in [2.05, 4.69) is 54.6 Å². The Bertz CT molecular complexity index is 1790. The van der Waals surface area contributed by atoms with Gasteiger partial charge in [0.15, 0.2) is 0 Å². The van der Waals surface area contributed by atoms with Gasteiger partial charge < -0.3 is 23.7 Å². The van der Waals surface area contributed by atoms with Crippen LogP contribution in [0.4, 0.5) is 0 Å². The molecule has 0 aliphatic carbocycles. The highest BCUT2D eigenvalue weighted by Gasteiger charge is 2.50. The molecule has 1 saturated heterocycles. The lowest BCUT2D eigenvalue weighted by Crippen LogP contribution is -2.58. The van der Waals surface area contributed by atoms with Gasteiger partial charge in [0.1, 0.15) is 35.5 Å². The van der Waals surface area contributed by atoms with E-state index in [0.717, 1.165) is 37.5 Å². The van der Waals surface area contributed by atoms with Crippen molar-refractivity contribution in [3.63, 3.8) is 0 Å². The zero-order valence-corrected chi connectivity index (χ0v) is 27.5. The number of hydrogen-bond donors (Lipinski definition) is 0. The van der Waals surface area contributed by atoms with Crippen LogP contribution in [-0.4, -0.2) is 36.0 Å². The standard InChI is InChI=1S/C41H39NO5S/c1-5-15-30(16-6-1)25-43-29-35-37(44-26-31-17-7-2-8-18-31)38(45-27-32-19-9-3-10-20-32)39(46-28-33-21-11-4-12-22-33)40(47-35)41-42-34-23-13-14-24-36(34)48-41/h1-24,35,37-40H,25-29H2/t35-,37+,38+,39-,40-/m1/s1. The fourth-order valence-corrected chi connectivity index (χ4v) is 7.04. The van der Waals surface area contributed by atoms with Crippen molar-refractivity contribution in [3.05, 3.63) is 173 Å². The Kier molecular flexibility index (Phi) is 11.0. The first-order chi connectivity index (χ1) is 23.8. The molecule has 244 valence electrons. The topological polar surface area (TPSA) is 59.0 Å². The van der Waals surface area contributed by atoms with Crippen molar-refractivity contribution in [2.75, 3.05) is 6.61 Å². The second kappa shape index (κ2) is 16.3. The molecular weight excluding hydrogens is 619 g/mol. The van der Waals surface area contributed by atoms with Crippen LogP contribution in [0.5, 0.6) is 0 Å². The summed E-state index contributed by atoms with van der Waals surface area (Å²) in [7, 11) is 0. The molecule has 0 radical (unpaired) electrons. The molecule has 6 aromatic rings. The molecule has 5 aromatic carbocycles. The SMILES string of the molecule is c1ccc(COC[C@H]2O[C@@H](c3nc4ccccc4s3)[C@H](OCc3ccccc3)[C@@H](OCc3ccccc3)[C@H]2OCc2ccccc2)cc1. The quantitative estimate of drug-likeness (QED) is 0.117. The molecule has 7 heteroatoms. The number of ether oxygens (including phenoxy) is 5. The summed E-state index contributed by atoms with van der Waals surface area (Å²) in [6.45, 7) is 1.95. The van der Waals surface area contributed by atoms with E-state index in [4.69, 9.17) is 28.7 Å². The van der Waals surface area contributed by atoms with E-state index in [0.29, 0.717) is 33.0 Å². The van der Waals surface area contributed by atoms with E-state index in [9.17, 15) is 0 Å². The third-order valence-electron chi connectivity index (χ3n) is 8.44. The van der Waals surface area contributed by atoms with Crippen molar-refractivity contribution < 1.29 is 23.7 Å². The Morgan fingerprint density at radius 2 is 0.958 bits per heavy atom. The van der Waals surface area contributed by atoms with Crippen LogP contribution in [0.1, 0.15) is 33.4 Å². The lowest BCUT2D eigenvalue weighted by molar-refractivity contribution is -0.275. The number of thiazole rings is 1. The zero-order chi connectivity index (χ0) is 32.4. The Balaban J connectivity index is 1.24. The number of nitrogens with zero attached hydrogens (tertiary/aromatic N) is 1. The van der Waals surface area contributed by atoms with Gasteiger partial charge in [-0.25, -0.2) is 4.98 Å². The summed E-state index contributed by atoms with van der Waals surface area (Å²) in [4.78, 5) is 5.05. The minimum Gasteiger partial charge on any atom is -0.374 e. The lowest BCUT2D eigenvalue weighted by atomic mass is 9.94. The number of fused-ring (bicyclic) bond motifs is 1. The first-order valence-corrected chi connectivity index (χ1v) is 17.2. The molecule has 0 bridgehead atoms. The molecule has 0 saturated carbocycles. The molecule has 0 N–H and O–H groups in total. The minimum atomic E-state index is -0.513. The van der Waals surface area contributed by atoms with Crippen LogP contribution in [0, 0.1) is 0 Å². The molecule has 1 aliphatic rings. The van der Waals surface area contributed by atoms with Crippen LogP contribution in [0.15, 0.2) is 146 Å². The highest BCUT2D eigenvalue weighted by atomic mass is 32.1. The molecule has 6 nitrogen and oxygen atoms in total. The van der Waals surface area contributed by atoms with Gasteiger partial charge in [0.05, 0.1) is 43.3 Å². The summed E-state index contributed by atoms with van der Waals surface area (Å²) in [6.07, 6.45) is -2.45.